The lowest BCUT2D eigenvalue weighted by Crippen LogP contribution is -2.48. The first-order valence-electron chi connectivity index (χ1n) is 9.16. The number of hydrogen-bond donors (Lipinski definition) is 1. The number of piperidine rings is 1. The number of carbonyl (C=O) groups excluding carboxylic acids is 1. The van der Waals surface area contributed by atoms with Crippen molar-refractivity contribution in [3.8, 4) is 10.8 Å². The van der Waals surface area contributed by atoms with Gasteiger partial charge in [-0.15, -0.1) is 36.2 Å². The molecular weight excluding hydrogens is 417 g/mol. The van der Waals surface area contributed by atoms with Crippen LogP contribution in [0.15, 0.2) is 40.8 Å². The Morgan fingerprint density at radius 2 is 1.86 bits per heavy atom. The highest BCUT2D eigenvalue weighted by Crippen LogP contribution is 2.33. The van der Waals surface area contributed by atoms with Crippen LogP contribution in [0.2, 0.25) is 0 Å². The van der Waals surface area contributed by atoms with Gasteiger partial charge in [0.05, 0.1) is 10.2 Å². The summed E-state index contributed by atoms with van der Waals surface area (Å²) in [6.45, 7) is 0. The smallest absolute Gasteiger partial charge is 0.289 e. The Morgan fingerprint density at radius 1 is 1.14 bits per heavy atom. The summed E-state index contributed by atoms with van der Waals surface area (Å²) in [6.07, 6.45) is 4.52. The van der Waals surface area contributed by atoms with Crippen LogP contribution in [0, 0.1) is 0 Å². The SMILES string of the molecule is CN(C(=O)c1ccc(-c2nc3ccccc3s2)o1)C1CC2CCC(C1)N2.Cl.Cl. The van der Waals surface area contributed by atoms with E-state index in [0.29, 0.717) is 23.6 Å². The lowest BCUT2D eigenvalue weighted by atomic mass is 9.98. The Kier molecular flexibility index (Phi) is 6.34. The molecule has 2 fully saturated rings. The van der Waals surface area contributed by atoms with E-state index in [1.165, 1.54) is 12.8 Å². The third kappa shape index (κ3) is 3.79. The van der Waals surface area contributed by atoms with Crippen molar-refractivity contribution in [3.63, 3.8) is 0 Å². The minimum Gasteiger partial charge on any atom is -0.448 e. The Balaban J connectivity index is 0.00000112. The molecule has 0 radical (unpaired) electrons. The van der Waals surface area contributed by atoms with Gasteiger partial charge >= 0.3 is 0 Å². The summed E-state index contributed by atoms with van der Waals surface area (Å²) in [6, 6.07) is 13.0. The zero-order valence-electron chi connectivity index (χ0n) is 15.5. The zero-order chi connectivity index (χ0) is 17.7. The van der Waals surface area contributed by atoms with Gasteiger partial charge in [0.1, 0.15) is 0 Å². The van der Waals surface area contributed by atoms with Gasteiger partial charge in [0.15, 0.2) is 16.5 Å². The second kappa shape index (κ2) is 8.41. The highest BCUT2D eigenvalue weighted by Gasteiger charge is 2.37. The van der Waals surface area contributed by atoms with E-state index in [1.807, 2.05) is 42.3 Å². The molecule has 2 unspecified atom stereocenters. The molecule has 2 aromatic heterocycles. The summed E-state index contributed by atoms with van der Waals surface area (Å²) < 4.78 is 7.00. The van der Waals surface area contributed by atoms with Crippen molar-refractivity contribution in [3.05, 3.63) is 42.2 Å². The van der Waals surface area contributed by atoms with Crippen LogP contribution in [0.4, 0.5) is 0 Å². The number of halogens is 2. The number of nitrogens with zero attached hydrogens (tertiary/aromatic N) is 2. The summed E-state index contributed by atoms with van der Waals surface area (Å²) in [5.74, 6) is 1.02. The van der Waals surface area contributed by atoms with E-state index in [9.17, 15) is 4.79 Å². The molecule has 4 heterocycles. The number of carbonyl (C=O) groups is 1. The third-order valence-corrected chi connectivity index (χ3v) is 6.69. The molecule has 2 atom stereocenters. The van der Waals surface area contributed by atoms with Crippen molar-refractivity contribution < 1.29 is 9.21 Å². The normalized spacial score (nSPS) is 23.1. The topological polar surface area (TPSA) is 58.4 Å². The Labute approximate surface area is 180 Å². The third-order valence-electron chi connectivity index (χ3n) is 5.64. The van der Waals surface area contributed by atoms with Crippen LogP contribution in [0.3, 0.4) is 0 Å². The molecule has 1 aromatic carbocycles. The van der Waals surface area contributed by atoms with E-state index < -0.39 is 0 Å². The van der Waals surface area contributed by atoms with E-state index in [1.54, 1.807) is 17.4 Å². The number of amides is 1. The van der Waals surface area contributed by atoms with Gasteiger partial charge in [-0.3, -0.25) is 4.79 Å². The van der Waals surface area contributed by atoms with Crippen molar-refractivity contribution in [2.45, 2.75) is 43.8 Å². The predicted molar refractivity (Wildman–Crippen MR) is 117 cm³/mol. The molecular formula is C20H23Cl2N3O2S. The first-order valence-corrected chi connectivity index (χ1v) is 9.98. The average Bonchev–Trinajstić information content (AvgIpc) is 3.38. The molecule has 3 aromatic rings. The number of para-hydroxylation sites is 1. The van der Waals surface area contributed by atoms with Gasteiger partial charge in [0.25, 0.3) is 5.91 Å². The minimum absolute atomic E-state index is 0. The molecule has 8 heteroatoms. The lowest BCUT2D eigenvalue weighted by molar-refractivity contribution is 0.0650. The lowest BCUT2D eigenvalue weighted by Gasteiger charge is -2.35. The van der Waals surface area contributed by atoms with Crippen molar-refractivity contribution in [1.29, 1.82) is 0 Å². The van der Waals surface area contributed by atoms with Crippen molar-refractivity contribution >= 4 is 52.3 Å². The van der Waals surface area contributed by atoms with Gasteiger partial charge in [-0.1, -0.05) is 12.1 Å². The largest absolute Gasteiger partial charge is 0.448 e. The molecule has 0 spiro atoms. The first kappa shape index (κ1) is 21.1. The van der Waals surface area contributed by atoms with Crippen LogP contribution in [-0.4, -0.2) is 41.0 Å². The quantitative estimate of drug-likeness (QED) is 0.639. The van der Waals surface area contributed by atoms with Crippen LogP contribution in [0.1, 0.15) is 36.2 Å². The van der Waals surface area contributed by atoms with Gasteiger partial charge in [0, 0.05) is 25.2 Å². The zero-order valence-corrected chi connectivity index (χ0v) is 17.9. The van der Waals surface area contributed by atoms with Crippen LogP contribution in [-0.2, 0) is 0 Å². The molecule has 1 amide bonds. The Hall–Kier alpha value is -1.60. The molecule has 2 aliphatic rings. The van der Waals surface area contributed by atoms with Crippen molar-refractivity contribution in [1.82, 2.24) is 15.2 Å². The maximum absolute atomic E-state index is 12.9. The van der Waals surface area contributed by atoms with Gasteiger partial charge in [-0.05, 0) is 49.9 Å². The van der Waals surface area contributed by atoms with Gasteiger partial charge in [0.2, 0.25) is 0 Å². The standard InChI is InChI=1S/C20H21N3O2S.2ClH/c1-23(14-10-12-6-7-13(11-14)21-12)20(24)17-9-8-16(25-17)19-22-15-4-2-3-5-18(15)26-19;;/h2-5,8-9,12-14,21H,6-7,10-11H2,1H3;2*1H. The summed E-state index contributed by atoms with van der Waals surface area (Å²) in [5, 5.41) is 4.44. The predicted octanol–water partition coefficient (Wildman–Crippen LogP) is 4.75. The molecule has 5 nitrogen and oxygen atoms in total. The number of thiazole rings is 1. The number of fused-ring (bicyclic) bond motifs is 3. The monoisotopic (exact) mass is 439 g/mol. The molecule has 2 aliphatic heterocycles. The molecule has 2 saturated heterocycles. The van der Waals surface area contributed by atoms with Crippen LogP contribution >= 0.6 is 36.2 Å². The Morgan fingerprint density at radius 3 is 2.57 bits per heavy atom. The van der Waals surface area contributed by atoms with E-state index in [-0.39, 0.29) is 36.8 Å². The highest BCUT2D eigenvalue weighted by atomic mass is 35.5. The fourth-order valence-corrected chi connectivity index (χ4v) is 5.16. The van der Waals surface area contributed by atoms with Crippen molar-refractivity contribution in [2.75, 3.05) is 7.05 Å². The number of rotatable bonds is 3. The number of benzene rings is 1. The maximum Gasteiger partial charge on any atom is 0.289 e. The molecule has 0 aliphatic carbocycles. The summed E-state index contributed by atoms with van der Waals surface area (Å²) in [4.78, 5) is 19.4. The average molecular weight is 440 g/mol. The molecule has 150 valence electrons. The molecule has 1 N–H and O–H groups in total. The summed E-state index contributed by atoms with van der Waals surface area (Å²) in [5.41, 5.74) is 0.957. The second-order valence-electron chi connectivity index (χ2n) is 7.33. The Bertz CT molecular complexity index is 928. The number of hydrogen-bond acceptors (Lipinski definition) is 5. The van der Waals surface area contributed by atoms with E-state index in [2.05, 4.69) is 10.3 Å². The molecule has 0 saturated carbocycles. The minimum atomic E-state index is -0.0383. The molecule has 28 heavy (non-hydrogen) atoms. The van der Waals surface area contributed by atoms with Crippen LogP contribution in [0.5, 0.6) is 0 Å². The fourth-order valence-electron chi connectivity index (χ4n) is 4.23. The van der Waals surface area contributed by atoms with Gasteiger partial charge in [-0.2, -0.15) is 0 Å². The van der Waals surface area contributed by atoms with E-state index in [4.69, 9.17) is 4.42 Å². The van der Waals surface area contributed by atoms with Crippen LogP contribution < -0.4 is 5.32 Å². The molecule has 2 bridgehead atoms. The van der Waals surface area contributed by atoms with E-state index in [0.717, 1.165) is 28.1 Å². The number of furan rings is 1. The van der Waals surface area contributed by atoms with E-state index >= 15 is 0 Å². The fraction of sp³-hybridized carbons (Fsp3) is 0.400. The molecule has 5 rings (SSSR count). The summed E-state index contributed by atoms with van der Waals surface area (Å²) in [7, 11) is 1.90. The highest BCUT2D eigenvalue weighted by molar-refractivity contribution is 7.21. The van der Waals surface area contributed by atoms with Crippen LogP contribution in [0.25, 0.3) is 21.0 Å². The van der Waals surface area contributed by atoms with Crippen molar-refractivity contribution in [2.24, 2.45) is 0 Å². The first-order chi connectivity index (χ1) is 12.7. The summed E-state index contributed by atoms with van der Waals surface area (Å²) >= 11 is 1.58. The van der Waals surface area contributed by atoms with Gasteiger partial charge in [-0.25, -0.2) is 4.98 Å². The number of nitrogens with one attached hydrogen (secondary N) is 1. The van der Waals surface area contributed by atoms with Gasteiger partial charge < -0.3 is 14.6 Å². The number of aromatic nitrogens is 1. The second-order valence-corrected chi connectivity index (χ2v) is 8.36. The maximum atomic E-state index is 12.9.